The maximum atomic E-state index is 13.1. The fourth-order valence-corrected chi connectivity index (χ4v) is 4.33. The van der Waals surface area contributed by atoms with E-state index in [1.165, 1.54) is 10.6 Å². The molecule has 3 aromatic heterocycles. The van der Waals surface area contributed by atoms with Crippen molar-refractivity contribution in [3.63, 3.8) is 0 Å². The number of aromatic nitrogens is 5. The molecule has 0 spiro atoms. The van der Waals surface area contributed by atoms with Crippen LogP contribution in [0.3, 0.4) is 0 Å². The lowest BCUT2D eigenvalue weighted by atomic mass is 9.87. The third-order valence-electron chi connectivity index (χ3n) is 5.89. The average molecular weight is 427 g/mol. The Morgan fingerprint density at radius 1 is 1.13 bits per heavy atom. The number of nitrogens with zero attached hydrogens (tertiary/aromatic N) is 7. The van der Waals surface area contributed by atoms with Crippen LogP contribution in [0.15, 0.2) is 47.6 Å². The number of allylic oxidation sites excluding steroid dienone is 1. The number of fused-ring (bicyclic) bond motifs is 1. The molecule has 0 amide bonds. The number of aliphatic imine (C=N–C) groups is 1. The Bertz CT molecular complexity index is 1180. The third-order valence-corrected chi connectivity index (χ3v) is 5.89. The highest BCUT2D eigenvalue weighted by atomic mass is 19.4. The summed E-state index contributed by atoms with van der Waals surface area (Å²) in [6, 6.07) is 2.03. The molecule has 0 saturated carbocycles. The predicted molar refractivity (Wildman–Crippen MR) is 110 cm³/mol. The van der Waals surface area contributed by atoms with E-state index in [4.69, 9.17) is 0 Å². The van der Waals surface area contributed by atoms with Gasteiger partial charge in [0.1, 0.15) is 11.5 Å². The number of halogens is 3. The van der Waals surface area contributed by atoms with Gasteiger partial charge in [-0.3, -0.25) is 9.39 Å². The van der Waals surface area contributed by atoms with Crippen molar-refractivity contribution in [2.45, 2.75) is 38.4 Å². The first-order chi connectivity index (χ1) is 14.9. The minimum Gasteiger partial charge on any atom is -0.353 e. The Morgan fingerprint density at radius 3 is 2.77 bits per heavy atom. The summed E-state index contributed by atoms with van der Waals surface area (Å²) in [4.78, 5) is 23.4. The molecule has 5 heterocycles. The molecule has 3 aromatic rings. The van der Waals surface area contributed by atoms with Crippen LogP contribution < -0.4 is 4.90 Å². The van der Waals surface area contributed by atoms with E-state index < -0.39 is 11.9 Å². The van der Waals surface area contributed by atoms with E-state index in [1.54, 1.807) is 6.20 Å². The van der Waals surface area contributed by atoms with Gasteiger partial charge in [0.25, 0.3) is 0 Å². The van der Waals surface area contributed by atoms with Gasteiger partial charge in [-0.15, -0.1) is 0 Å². The van der Waals surface area contributed by atoms with Crippen LogP contribution in [0.4, 0.5) is 19.0 Å². The molecule has 5 rings (SSSR count). The maximum Gasteiger partial charge on any atom is 0.434 e. The van der Waals surface area contributed by atoms with Gasteiger partial charge in [0.2, 0.25) is 0 Å². The number of hydrogen-bond acceptors (Lipinski definition) is 6. The molecule has 0 radical (unpaired) electrons. The number of hydrogen-bond donors (Lipinski definition) is 0. The van der Waals surface area contributed by atoms with Crippen molar-refractivity contribution in [2.24, 2.45) is 10.9 Å². The summed E-state index contributed by atoms with van der Waals surface area (Å²) in [5.41, 5.74) is 0.817. The van der Waals surface area contributed by atoms with Crippen LogP contribution in [0.1, 0.15) is 31.9 Å². The van der Waals surface area contributed by atoms with Crippen LogP contribution in [0.5, 0.6) is 0 Å². The maximum absolute atomic E-state index is 13.1. The number of rotatable bonds is 3. The number of anilines is 1. The fourth-order valence-electron chi connectivity index (χ4n) is 4.33. The van der Waals surface area contributed by atoms with Crippen LogP contribution in [-0.4, -0.2) is 43.1 Å². The molecule has 2 unspecified atom stereocenters. The first-order valence-electron chi connectivity index (χ1n) is 10.1. The van der Waals surface area contributed by atoms with Gasteiger partial charge >= 0.3 is 6.18 Å². The summed E-state index contributed by atoms with van der Waals surface area (Å²) in [7, 11) is 0. The molecular weight excluding hydrogens is 407 g/mol. The van der Waals surface area contributed by atoms with E-state index in [0.717, 1.165) is 49.7 Å². The first-order valence-corrected chi connectivity index (χ1v) is 10.1. The molecule has 0 aromatic carbocycles. The molecule has 2 atom stereocenters. The van der Waals surface area contributed by atoms with Crippen LogP contribution in [0.25, 0.3) is 17.2 Å². The summed E-state index contributed by atoms with van der Waals surface area (Å²) in [5, 5.41) is 0. The van der Waals surface area contributed by atoms with Crippen molar-refractivity contribution in [3.05, 3.63) is 48.3 Å². The highest BCUT2D eigenvalue weighted by molar-refractivity contribution is 5.65. The lowest BCUT2D eigenvalue weighted by Gasteiger charge is -2.40. The van der Waals surface area contributed by atoms with E-state index >= 15 is 0 Å². The van der Waals surface area contributed by atoms with E-state index in [0.29, 0.717) is 23.1 Å². The van der Waals surface area contributed by atoms with Crippen LogP contribution in [0.2, 0.25) is 0 Å². The Labute approximate surface area is 176 Å². The summed E-state index contributed by atoms with van der Waals surface area (Å²) in [6.07, 6.45) is 7.63. The lowest BCUT2D eigenvalue weighted by molar-refractivity contribution is -0.141. The van der Waals surface area contributed by atoms with Gasteiger partial charge in [0.15, 0.2) is 17.2 Å². The predicted octanol–water partition coefficient (Wildman–Crippen LogP) is 4.17. The topological polar surface area (TPSA) is 71.6 Å². The first kappa shape index (κ1) is 19.7. The monoisotopic (exact) mass is 427 g/mol. The molecule has 0 N–H and O–H groups in total. The molecule has 2 aliphatic rings. The van der Waals surface area contributed by atoms with E-state index in [1.807, 2.05) is 12.3 Å². The molecule has 2 aliphatic heterocycles. The zero-order valence-electron chi connectivity index (χ0n) is 16.8. The van der Waals surface area contributed by atoms with Crippen molar-refractivity contribution in [1.82, 2.24) is 24.3 Å². The van der Waals surface area contributed by atoms with Crippen molar-refractivity contribution in [3.8, 4) is 11.5 Å². The second kappa shape index (κ2) is 7.44. The minimum absolute atomic E-state index is 0.196. The number of piperidine rings is 1. The fraction of sp³-hybridized carbons (Fsp3) is 0.381. The Kier molecular flexibility index (Phi) is 4.71. The van der Waals surface area contributed by atoms with E-state index in [2.05, 4.69) is 42.8 Å². The minimum atomic E-state index is -4.55. The zero-order valence-corrected chi connectivity index (χ0v) is 16.8. The van der Waals surface area contributed by atoms with Crippen molar-refractivity contribution in [1.29, 1.82) is 0 Å². The van der Waals surface area contributed by atoms with Gasteiger partial charge < -0.3 is 4.90 Å². The zero-order chi connectivity index (χ0) is 21.6. The van der Waals surface area contributed by atoms with E-state index in [9.17, 15) is 13.2 Å². The number of imidazole rings is 1. The van der Waals surface area contributed by atoms with Gasteiger partial charge in [-0.25, -0.2) is 19.9 Å². The van der Waals surface area contributed by atoms with Gasteiger partial charge in [-0.05, 0) is 25.8 Å². The Balaban J connectivity index is 1.50. The summed E-state index contributed by atoms with van der Waals surface area (Å²) in [5.74, 6) is 1.38. The second-order valence-corrected chi connectivity index (χ2v) is 7.74. The quantitative estimate of drug-likeness (QED) is 0.628. The summed E-state index contributed by atoms with van der Waals surface area (Å²) < 4.78 is 40.7. The molecule has 0 bridgehead atoms. The standard InChI is InChI=1S/C21H20F3N7/c1-13-14(15-5-2-7-25-15)4-3-9-30(13)18-6-8-26-20(29-18)16-10-28-19-11-27-17(12-31(16)19)21(22,23)24/h5-8,10-14H,2-4,9H2,1H3. The lowest BCUT2D eigenvalue weighted by Crippen LogP contribution is -2.44. The smallest absolute Gasteiger partial charge is 0.353 e. The Hall–Kier alpha value is -3.30. The van der Waals surface area contributed by atoms with E-state index in [-0.39, 0.29) is 6.04 Å². The van der Waals surface area contributed by atoms with Gasteiger partial charge in [-0.1, -0.05) is 6.08 Å². The van der Waals surface area contributed by atoms with Crippen molar-refractivity contribution < 1.29 is 13.2 Å². The number of alkyl halides is 3. The summed E-state index contributed by atoms with van der Waals surface area (Å²) >= 11 is 0. The highest BCUT2D eigenvalue weighted by Crippen LogP contribution is 2.34. The van der Waals surface area contributed by atoms with Gasteiger partial charge in [-0.2, -0.15) is 13.2 Å². The van der Waals surface area contributed by atoms with Crippen LogP contribution in [0, 0.1) is 5.92 Å². The van der Waals surface area contributed by atoms with Gasteiger partial charge in [0.05, 0.1) is 12.4 Å². The molecule has 10 heteroatoms. The molecule has 7 nitrogen and oxygen atoms in total. The second-order valence-electron chi connectivity index (χ2n) is 7.74. The molecule has 0 aliphatic carbocycles. The molecule has 160 valence electrons. The van der Waals surface area contributed by atoms with Crippen LogP contribution >= 0.6 is 0 Å². The average Bonchev–Trinajstić information content (AvgIpc) is 3.43. The molecule has 1 fully saturated rings. The summed E-state index contributed by atoms with van der Waals surface area (Å²) in [6.45, 7) is 3.01. The Morgan fingerprint density at radius 2 is 2.00 bits per heavy atom. The molecule has 1 saturated heterocycles. The molecule has 31 heavy (non-hydrogen) atoms. The highest BCUT2D eigenvalue weighted by Gasteiger charge is 2.34. The van der Waals surface area contributed by atoms with Crippen LogP contribution in [-0.2, 0) is 6.18 Å². The molecular formula is C21H20F3N7. The SMILES string of the molecule is CC1C(C2=CCC=N2)CCCN1c1ccnc(-c2cnc3cnc(C(F)(F)F)cn23)n1. The van der Waals surface area contributed by atoms with Crippen molar-refractivity contribution in [2.75, 3.05) is 11.4 Å². The van der Waals surface area contributed by atoms with Gasteiger partial charge in [0, 0.05) is 49.2 Å². The normalized spacial score (nSPS) is 21.7. The largest absolute Gasteiger partial charge is 0.434 e. The van der Waals surface area contributed by atoms with Crippen molar-refractivity contribution >= 4 is 17.7 Å². The third kappa shape index (κ3) is 3.55.